The van der Waals surface area contributed by atoms with E-state index in [1.54, 1.807) is 0 Å². The predicted octanol–water partition coefficient (Wildman–Crippen LogP) is 13.9. The van der Waals surface area contributed by atoms with Gasteiger partial charge in [0.1, 0.15) is 11.2 Å². The summed E-state index contributed by atoms with van der Waals surface area (Å²) >= 11 is 0. The SMILES string of the molecule is C=C1c2ccccc2C(C)(C)c2ccc(-c3cccc(-c4cccc(C)c4)c3)cc21.Cc1ccccc1-c1c(C)ccc2c1oc1ccccc12. The summed E-state index contributed by atoms with van der Waals surface area (Å²) in [5.41, 5.74) is 19.5. The van der Waals surface area contributed by atoms with Crippen LogP contribution in [-0.2, 0) is 5.41 Å². The third-order valence-corrected chi connectivity index (χ3v) is 10.7. The van der Waals surface area contributed by atoms with Crippen LogP contribution in [0, 0.1) is 20.8 Å². The fraction of sp³-hybridized carbons (Fsp3) is 0.120. The third-order valence-electron chi connectivity index (χ3n) is 10.7. The molecule has 0 N–H and O–H groups in total. The molecule has 1 aromatic heterocycles. The maximum Gasteiger partial charge on any atom is 0.143 e. The molecule has 0 aliphatic heterocycles. The van der Waals surface area contributed by atoms with Crippen LogP contribution < -0.4 is 0 Å². The molecule has 248 valence electrons. The second-order valence-electron chi connectivity index (χ2n) is 14.4. The Balaban J connectivity index is 0.000000156. The van der Waals surface area contributed by atoms with E-state index in [1.165, 1.54) is 83.1 Å². The maximum atomic E-state index is 6.17. The summed E-state index contributed by atoms with van der Waals surface area (Å²) < 4.78 is 6.17. The zero-order valence-corrected chi connectivity index (χ0v) is 30.0. The Kier molecular flexibility index (Phi) is 8.08. The average molecular weight is 659 g/mol. The zero-order chi connectivity index (χ0) is 35.3. The van der Waals surface area contributed by atoms with Crippen molar-refractivity contribution in [1.29, 1.82) is 0 Å². The van der Waals surface area contributed by atoms with Gasteiger partial charge in [0.05, 0.1) is 0 Å². The lowest BCUT2D eigenvalue weighted by atomic mass is 9.67. The van der Waals surface area contributed by atoms with Crippen LogP contribution in [0.4, 0.5) is 0 Å². The van der Waals surface area contributed by atoms with Crippen molar-refractivity contribution in [3.63, 3.8) is 0 Å². The molecule has 0 unspecified atom stereocenters. The van der Waals surface area contributed by atoms with Crippen molar-refractivity contribution in [1.82, 2.24) is 0 Å². The van der Waals surface area contributed by atoms with E-state index in [9.17, 15) is 0 Å². The van der Waals surface area contributed by atoms with E-state index in [4.69, 9.17) is 4.42 Å². The molecule has 0 atom stereocenters. The van der Waals surface area contributed by atoms with Crippen LogP contribution in [0.2, 0.25) is 0 Å². The summed E-state index contributed by atoms with van der Waals surface area (Å²) in [5.74, 6) is 0. The van der Waals surface area contributed by atoms with Crippen LogP contribution in [0.1, 0.15) is 52.8 Å². The van der Waals surface area contributed by atoms with Gasteiger partial charge in [-0.25, -0.2) is 0 Å². The van der Waals surface area contributed by atoms with Gasteiger partial charge in [0.2, 0.25) is 0 Å². The molecule has 0 saturated carbocycles. The lowest BCUT2D eigenvalue weighted by Gasteiger charge is -2.36. The number of hydrogen-bond donors (Lipinski definition) is 0. The Hall–Kier alpha value is -5.92. The average Bonchev–Trinajstić information content (AvgIpc) is 3.53. The zero-order valence-electron chi connectivity index (χ0n) is 30.0. The second-order valence-corrected chi connectivity index (χ2v) is 14.4. The highest BCUT2D eigenvalue weighted by molar-refractivity contribution is 6.10. The molecule has 7 aromatic carbocycles. The van der Waals surface area contributed by atoms with Gasteiger partial charge in [-0.1, -0.05) is 159 Å². The highest BCUT2D eigenvalue weighted by atomic mass is 16.3. The van der Waals surface area contributed by atoms with Gasteiger partial charge in [-0.15, -0.1) is 0 Å². The summed E-state index contributed by atoms with van der Waals surface area (Å²) in [6.45, 7) is 15.5. The number of hydrogen-bond acceptors (Lipinski definition) is 1. The lowest BCUT2D eigenvalue weighted by Crippen LogP contribution is -2.26. The van der Waals surface area contributed by atoms with Gasteiger partial charge in [-0.3, -0.25) is 0 Å². The van der Waals surface area contributed by atoms with Gasteiger partial charge in [0.25, 0.3) is 0 Å². The molecule has 1 nitrogen and oxygen atoms in total. The van der Waals surface area contributed by atoms with Crippen molar-refractivity contribution in [2.24, 2.45) is 0 Å². The number of furan rings is 1. The van der Waals surface area contributed by atoms with Crippen LogP contribution in [0.3, 0.4) is 0 Å². The first-order chi connectivity index (χ1) is 24.7. The van der Waals surface area contributed by atoms with Crippen LogP contribution in [-0.4, -0.2) is 0 Å². The fourth-order valence-corrected chi connectivity index (χ4v) is 7.88. The molecule has 1 heterocycles. The van der Waals surface area contributed by atoms with Crippen LogP contribution >= 0.6 is 0 Å². The molecule has 0 bridgehead atoms. The highest BCUT2D eigenvalue weighted by Crippen LogP contribution is 2.47. The Bertz CT molecular complexity index is 2610. The van der Waals surface area contributed by atoms with Crippen molar-refractivity contribution >= 4 is 27.5 Å². The highest BCUT2D eigenvalue weighted by Gasteiger charge is 2.34. The summed E-state index contributed by atoms with van der Waals surface area (Å²) in [4.78, 5) is 0. The van der Waals surface area contributed by atoms with E-state index in [-0.39, 0.29) is 5.41 Å². The molecular weight excluding hydrogens is 617 g/mol. The first kappa shape index (κ1) is 32.3. The largest absolute Gasteiger partial charge is 0.455 e. The van der Waals surface area contributed by atoms with Crippen LogP contribution in [0.25, 0.3) is 60.9 Å². The van der Waals surface area contributed by atoms with E-state index in [0.29, 0.717) is 0 Å². The van der Waals surface area contributed by atoms with E-state index in [2.05, 4.69) is 181 Å². The van der Waals surface area contributed by atoms with Gasteiger partial charge in [-0.2, -0.15) is 0 Å². The second kappa shape index (κ2) is 12.8. The number of fused-ring (bicyclic) bond motifs is 5. The standard InChI is InChI=1S/C30H26.C20H16O/c1-20-9-7-10-22(17-20)23-11-8-12-24(18-23)25-15-16-29-27(19-25)21(2)26-13-5-6-14-28(26)30(29,3)4;1-13-7-3-4-8-15(13)19-14(2)11-12-17-16-9-5-6-10-18(16)21-20(17)19/h5-19H,2H2,1,3-4H3;3-12H,1-2H3. The Morgan fingerprint density at radius 1 is 0.471 bits per heavy atom. The molecule has 0 fully saturated rings. The molecule has 51 heavy (non-hydrogen) atoms. The van der Waals surface area contributed by atoms with Crippen molar-refractivity contribution < 1.29 is 4.42 Å². The minimum atomic E-state index is -0.0327. The van der Waals surface area contributed by atoms with Crippen LogP contribution in [0.15, 0.2) is 163 Å². The van der Waals surface area contributed by atoms with Gasteiger partial charge in [-0.05, 0) is 106 Å². The predicted molar refractivity (Wildman–Crippen MR) is 217 cm³/mol. The molecule has 0 amide bonds. The summed E-state index contributed by atoms with van der Waals surface area (Å²) in [6, 6.07) is 54.2. The maximum absolute atomic E-state index is 6.17. The van der Waals surface area contributed by atoms with Gasteiger partial charge >= 0.3 is 0 Å². The van der Waals surface area contributed by atoms with E-state index < -0.39 is 0 Å². The number of benzene rings is 7. The molecule has 0 spiro atoms. The Morgan fingerprint density at radius 2 is 1.10 bits per heavy atom. The number of aryl methyl sites for hydroxylation is 3. The minimum absolute atomic E-state index is 0.0327. The Labute approximate surface area is 301 Å². The molecule has 8 aromatic rings. The smallest absolute Gasteiger partial charge is 0.143 e. The molecule has 1 heteroatoms. The van der Waals surface area contributed by atoms with E-state index in [1.807, 2.05) is 12.1 Å². The van der Waals surface area contributed by atoms with E-state index in [0.717, 1.165) is 16.7 Å². The Morgan fingerprint density at radius 3 is 1.86 bits per heavy atom. The van der Waals surface area contributed by atoms with Crippen molar-refractivity contribution in [3.05, 3.63) is 197 Å². The van der Waals surface area contributed by atoms with Crippen LogP contribution in [0.5, 0.6) is 0 Å². The lowest BCUT2D eigenvalue weighted by molar-refractivity contribution is 0.630. The summed E-state index contributed by atoms with van der Waals surface area (Å²) in [5, 5.41) is 2.37. The van der Waals surface area contributed by atoms with Gasteiger partial charge in [0, 0.05) is 21.8 Å². The molecule has 1 aliphatic carbocycles. The normalized spacial score (nSPS) is 13.0. The molecule has 0 radical (unpaired) electrons. The molecule has 0 saturated heterocycles. The molecular formula is C50H42O. The summed E-state index contributed by atoms with van der Waals surface area (Å²) in [7, 11) is 0. The van der Waals surface area contributed by atoms with Gasteiger partial charge in [0.15, 0.2) is 0 Å². The van der Waals surface area contributed by atoms with Gasteiger partial charge < -0.3 is 4.42 Å². The molecule has 9 rings (SSSR count). The minimum Gasteiger partial charge on any atom is -0.455 e. The molecule has 1 aliphatic rings. The van der Waals surface area contributed by atoms with Crippen molar-refractivity contribution in [3.8, 4) is 33.4 Å². The monoisotopic (exact) mass is 658 g/mol. The number of rotatable bonds is 3. The number of para-hydroxylation sites is 1. The van der Waals surface area contributed by atoms with Crippen molar-refractivity contribution in [2.75, 3.05) is 0 Å². The first-order valence-electron chi connectivity index (χ1n) is 17.8. The first-order valence-corrected chi connectivity index (χ1v) is 17.8. The van der Waals surface area contributed by atoms with Crippen molar-refractivity contribution in [2.45, 2.75) is 40.0 Å². The summed E-state index contributed by atoms with van der Waals surface area (Å²) in [6.07, 6.45) is 0. The third kappa shape index (κ3) is 5.69. The topological polar surface area (TPSA) is 13.1 Å². The quantitative estimate of drug-likeness (QED) is 0.184. The van der Waals surface area contributed by atoms with E-state index >= 15 is 0 Å². The fourth-order valence-electron chi connectivity index (χ4n) is 7.88.